The summed E-state index contributed by atoms with van der Waals surface area (Å²) < 4.78 is 31.5. The molecule has 1 fully saturated rings. The molecule has 16 heavy (non-hydrogen) atoms. The van der Waals surface area contributed by atoms with Crippen molar-refractivity contribution in [3.63, 3.8) is 0 Å². The Kier molecular flexibility index (Phi) is 5.13. The molecule has 1 rings (SSSR count). The van der Waals surface area contributed by atoms with Gasteiger partial charge in [-0.2, -0.15) is 8.42 Å². The van der Waals surface area contributed by atoms with Gasteiger partial charge in [0.1, 0.15) is 5.25 Å². The highest BCUT2D eigenvalue weighted by Gasteiger charge is 2.33. The molecule has 6 nitrogen and oxygen atoms in total. The molecule has 0 bridgehead atoms. The summed E-state index contributed by atoms with van der Waals surface area (Å²) in [5.41, 5.74) is 0. The molecule has 1 aliphatic heterocycles. The lowest BCUT2D eigenvalue weighted by Crippen LogP contribution is -2.57. The van der Waals surface area contributed by atoms with Crippen LogP contribution in [0.15, 0.2) is 0 Å². The molecule has 0 amide bonds. The normalized spacial score (nSPS) is 25.6. The second-order valence-electron chi connectivity index (χ2n) is 4.05. The fourth-order valence-electron chi connectivity index (χ4n) is 2.14. The zero-order valence-corrected chi connectivity index (χ0v) is 10.3. The van der Waals surface area contributed by atoms with Crippen LogP contribution in [0.4, 0.5) is 0 Å². The first-order valence-corrected chi connectivity index (χ1v) is 7.02. The topological polar surface area (TPSA) is 89.9 Å². The number of nitrogens with one attached hydrogen (secondary N) is 1. The molecule has 0 aromatic carbocycles. The van der Waals surface area contributed by atoms with E-state index < -0.39 is 15.4 Å². The highest BCUT2D eigenvalue weighted by Crippen LogP contribution is 2.13. The molecule has 0 aromatic heterocycles. The maximum absolute atomic E-state index is 11.2. The highest BCUT2D eigenvalue weighted by atomic mass is 32.2. The van der Waals surface area contributed by atoms with Gasteiger partial charge in [0.15, 0.2) is 0 Å². The van der Waals surface area contributed by atoms with Gasteiger partial charge in [-0.1, -0.05) is 6.92 Å². The minimum absolute atomic E-state index is 0.0649. The van der Waals surface area contributed by atoms with Crippen LogP contribution < -0.4 is 5.32 Å². The van der Waals surface area contributed by atoms with Gasteiger partial charge in [0, 0.05) is 32.2 Å². The van der Waals surface area contributed by atoms with Crippen molar-refractivity contribution in [1.82, 2.24) is 10.2 Å². The van der Waals surface area contributed by atoms with Crippen molar-refractivity contribution in [1.29, 1.82) is 0 Å². The lowest BCUT2D eigenvalue weighted by molar-refractivity contribution is 0.154. The zero-order chi connectivity index (χ0) is 12.2. The largest absolute Gasteiger partial charge is 0.395 e. The summed E-state index contributed by atoms with van der Waals surface area (Å²) in [6.07, 6.45) is 0.378. The van der Waals surface area contributed by atoms with Crippen molar-refractivity contribution in [2.75, 3.05) is 32.8 Å². The van der Waals surface area contributed by atoms with Crippen LogP contribution in [-0.2, 0) is 10.1 Å². The van der Waals surface area contributed by atoms with Gasteiger partial charge in [-0.05, 0) is 6.42 Å². The van der Waals surface area contributed by atoms with Crippen LogP contribution in [0.3, 0.4) is 0 Å². The molecule has 0 radical (unpaired) electrons. The van der Waals surface area contributed by atoms with E-state index in [9.17, 15) is 8.42 Å². The second kappa shape index (κ2) is 5.92. The molecule has 0 aromatic rings. The average molecular weight is 252 g/mol. The minimum atomic E-state index is -4.00. The van der Waals surface area contributed by atoms with Crippen molar-refractivity contribution in [2.45, 2.75) is 24.6 Å². The number of piperazine rings is 1. The first-order valence-electron chi connectivity index (χ1n) is 5.52. The van der Waals surface area contributed by atoms with Gasteiger partial charge in [0.05, 0.1) is 6.61 Å². The smallest absolute Gasteiger partial charge is 0.269 e. The Morgan fingerprint density at radius 3 is 2.75 bits per heavy atom. The van der Waals surface area contributed by atoms with E-state index >= 15 is 0 Å². The molecular weight excluding hydrogens is 232 g/mol. The summed E-state index contributed by atoms with van der Waals surface area (Å²) in [6, 6.07) is -0.264. The molecule has 96 valence electrons. The van der Waals surface area contributed by atoms with E-state index in [1.165, 1.54) is 0 Å². The Morgan fingerprint density at radius 2 is 2.25 bits per heavy atom. The minimum Gasteiger partial charge on any atom is -0.395 e. The molecule has 0 aliphatic carbocycles. The molecule has 0 saturated carbocycles. The van der Waals surface area contributed by atoms with E-state index in [4.69, 9.17) is 9.66 Å². The Bertz CT molecular complexity index is 305. The standard InChI is InChI=1S/C9H20N2O4S/c1-2-9(16(13,14)15)8-7-11(5-6-12)4-3-10-8/h8-10,12H,2-7H2,1H3,(H,13,14,15). The van der Waals surface area contributed by atoms with Crippen LogP contribution in [0.1, 0.15) is 13.3 Å². The maximum atomic E-state index is 11.2. The van der Waals surface area contributed by atoms with Crippen molar-refractivity contribution >= 4 is 10.1 Å². The summed E-state index contributed by atoms with van der Waals surface area (Å²) in [4.78, 5) is 2.00. The van der Waals surface area contributed by atoms with Gasteiger partial charge in [-0.3, -0.25) is 9.45 Å². The Morgan fingerprint density at radius 1 is 1.56 bits per heavy atom. The lowest BCUT2D eigenvalue weighted by Gasteiger charge is -2.36. The van der Waals surface area contributed by atoms with Crippen molar-refractivity contribution < 1.29 is 18.1 Å². The van der Waals surface area contributed by atoms with Crippen LogP contribution in [-0.4, -0.2) is 67.1 Å². The Labute approximate surface area is 96.4 Å². The monoisotopic (exact) mass is 252 g/mol. The third-order valence-electron chi connectivity index (χ3n) is 2.94. The summed E-state index contributed by atoms with van der Waals surface area (Å²) in [6.45, 7) is 4.36. The molecule has 1 aliphatic rings. The van der Waals surface area contributed by atoms with Crippen molar-refractivity contribution in [2.24, 2.45) is 0 Å². The quantitative estimate of drug-likeness (QED) is 0.539. The number of rotatable bonds is 5. The van der Waals surface area contributed by atoms with Gasteiger partial charge in [-0.15, -0.1) is 0 Å². The molecule has 3 N–H and O–H groups in total. The second-order valence-corrected chi connectivity index (χ2v) is 5.68. The van der Waals surface area contributed by atoms with E-state index in [0.717, 1.165) is 6.54 Å². The summed E-state index contributed by atoms with van der Waals surface area (Å²) in [5, 5.41) is 11.2. The summed E-state index contributed by atoms with van der Waals surface area (Å²) >= 11 is 0. The van der Waals surface area contributed by atoms with Gasteiger partial charge in [0.2, 0.25) is 0 Å². The predicted molar refractivity (Wildman–Crippen MR) is 60.9 cm³/mol. The number of aliphatic hydroxyl groups excluding tert-OH is 1. The molecular formula is C9H20N2O4S. The van der Waals surface area contributed by atoms with Crippen LogP contribution in [0.5, 0.6) is 0 Å². The van der Waals surface area contributed by atoms with Crippen LogP contribution in [0.2, 0.25) is 0 Å². The van der Waals surface area contributed by atoms with Crippen LogP contribution >= 0.6 is 0 Å². The summed E-state index contributed by atoms with van der Waals surface area (Å²) in [7, 11) is -4.00. The average Bonchev–Trinajstić information content (AvgIpc) is 2.17. The first kappa shape index (κ1) is 13.9. The molecule has 1 saturated heterocycles. The number of hydrogen-bond acceptors (Lipinski definition) is 5. The number of β-amino-alcohol motifs (C(OH)–C–C–N with tert-alkyl or cyclic N) is 1. The third kappa shape index (κ3) is 3.67. The third-order valence-corrected chi connectivity index (χ3v) is 4.37. The zero-order valence-electron chi connectivity index (χ0n) is 9.46. The van der Waals surface area contributed by atoms with Gasteiger partial charge in [0.25, 0.3) is 10.1 Å². The van der Waals surface area contributed by atoms with Crippen molar-refractivity contribution in [3.05, 3.63) is 0 Å². The first-order chi connectivity index (χ1) is 7.49. The van der Waals surface area contributed by atoms with Crippen molar-refractivity contribution in [3.8, 4) is 0 Å². The van der Waals surface area contributed by atoms with E-state index in [0.29, 0.717) is 26.1 Å². The van der Waals surface area contributed by atoms with Gasteiger partial charge < -0.3 is 10.4 Å². The van der Waals surface area contributed by atoms with E-state index in [1.807, 2.05) is 4.90 Å². The summed E-state index contributed by atoms with van der Waals surface area (Å²) in [5.74, 6) is 0. The fraction of sp³-hybridized carbons (Fsp3) is 1.00. The van der Waals surface area contributed by atoms with Crippen LogP contribution in [0.25, 0.3) is 0 Å². The van der Waals surface area contributed by atoms with E-state index in [1.54, 1.807) is 6.92 Å². The molecule has 2 unspecified atom stereocenters. The molecule has 1 heterocycles. The maximum Gasteiger partial charge on any atom is 0.269 e. The van der Waals surface area contributed by atoms with Crippen LogP contribution in [0, 0.1) is 0 Å². The number of hydrogen-bond donors (Lipinski definition) is 3. The number of aliphatic hydroxyl groups is 1. The molecule has 2 atom stereocenters. The Hall–Kier alpha value is -0.210. The van der Waals surface area contributed by atoms with E-state index in [2.05, 4.69) is 5.32 Å². The highest BCUT2D eigenvalue weighted by molar-refractivity contribution is 7.86. The molecule has 0 spiro atoms. The SMILES string of the molecule is CCC(C1CN(CCO)CCN1)S(=O)(=O)O. The lowest BCUT2D eigenvalue weighted by atomic mass is 10.1. The Balaban J connectivity index is 2.64. The van der Waals surface area contributed by atoms with Gasteiger partial charge >= 0.3 is 0 Å². The molecule has 7 heteroatoms. The fourth-order valence-corrected chi connectivity index (χ4v) is 3.16. The predicted octanol–water partition coefficient (Wildman–Crippen LogP) is -1.08. The van der Waals surface area contributed by atoms with Gasteiger partial charge in [-0.25, -0.2) is 0 Å². The van der Waals surface area contributed by atoms with E-state index in [-0.39, 0.29) is 12.6 Å². The number of nitrogens with zero attached hydrogens (tertiary/aromatic N) is 1.